The topological polar surface area (TPSA) is 56.8 Å². The highest BCUT2D eigenvalue weighted by Gasteiger charge is 2.32. The number of halogens is 3. The molecular weight excluding hydrogens is 351 g/mol. The van der Waals surface area contributed by atoms with Gasteiger partial charge < -0.3 is 19.5 Å². The quantitative estimate of drug-likeness (QED) is 0.879. The van der Waals surface area contributed by atoms with E-state index >= 15 is 0 Å². The van der Waals surface area contributed by atoms with Crippen LogP contribution in [0.25, 0.3) is 0 Å². The highest BCUT2D eigenvalue weighted by molar-refractivity contribution is 5.96. The number of carbonyl (C=O) groups is 1. The van der Waals surface area contributed by atoms with Crippen LogP contribution in [-0.2, 0) is 4.79 Å². The molecule has 0 saturated heterocycles. The number of fused-ring (bicyclic) bond motifs is 2. The van der Waals surface area contributed by atoms with E-state index in [1.807, 2.05) is 6.07 Å². The zero-order valence-corrected chi connectivity index (χ0v) is 13.4. The molecule has 0 radical (unpaired) electrons. The van der Waals surface area contributed by atoms with Gasteiger partial charge in [0.25, 0.3) is 0 Å². The van der Waals surface area contributed by atoms with Crippen molar-refractivity contribution >= 4 is 11.6 Å². The molecule has 4 rings (SSSR count). The van der Waals surface area contributed by atoms with Gasteiger partial charge in [-0.05, 0) is 29.3 Å². The predicted molar refractivity (Wildman–Crippen MR) is 85.6 cm³/mol. The van der Waals surface area contributed by atoms with Gasteiger partial charge in [0.15, 0.2) is 11.5 Å². The van der Waals surface area contributed by atoms with Gasteiger partial charge in [-0.15, -0.1) is 13.2 Å². The number of amides is 1. The predicted octanol–water partition coefficient (Wildman–Crippen LogP) is 3.83. The Kier molecular flexibility index (Phi) is 3.90. The fraction of sp³-hybridized carbons (Fsp3) is 0.278. The van der Waals surface area contributed by atoms with Gasteiger partial charge >= 0.3 is 6.36 Å². The molecule has 0 saturated carbocycles. The van der Waals surface area contributed by atoms with Crippen LogP contribution in [0.15, 0.2) is 36.4 Å². The summed E-state index contributed by atoms with van der Waals surface area (Å²) >= 11 is 0. The maximum absolute atomic E-state index is 12.3. The van der Waals surface area contributed by atoms with Gasteiger partial charge in [-0.2, -0.15) is 0 Å². The lowest BCUT2D eigenvalue weighted by Gasteiger charge is -2.29. The number of ether oxygens (including phenoxy) is 3. The van der Waals surface area contributed by atoms with Crippen molar-refractivity contribution in [1.29, 1.82) is 0 Å². The maximum Gasteiger partial charge on any atom is 0.573 e. The summed E-state index contributed by atoms with van der Waals surface area (Å²) in [5.74, 6) is 0.381. The Hall–Kier alpha value is -2.90. The summed E-state index contributed by atoms with van der Waals surface area (Å²) < 4.78 is 51.9. The number of nitrogens with one attached hydrogen (secondary N) is 1. The second-order valence-corrected chi connectivity index (χ2v) is 6.00. The Bertz CT molecular complexity index is 849. The van der Waals surface area contributed by atoms with E-state index in [1.165, 1.54) is 24.3 Å². The van der Waals surface area contributed by atoms with E-state index in [0.29, 0.717) is 36.0 Å². The molecule has 5 nitrogen and oxygen atoms in total. The second kappa shape index (κ2) is 6.12. The largest absolute Gasteiger partial charge is 0.573 e. The second-order valence-electron chi connectivity index (χ2n) is 6.00. The third kappa shape index (κ3) is 3.26. The fourth-order valence-electron chi connectivity index (χ4n) is 3.20. The molecule has 0 fully saturated rings. The Labute approximate surface area is 146 Å². The average molecular weight is 365 g/mol. The Morgan fingerprint density at radius 2 is 1.69 bits per heavy atom. The molecule has 136 valence electrons. The van der Waals surface area contributed by atoms with Crippen LogP contribution in [-0.4, -0.2) is 25.5 Å². The minimum atomic E-state index is -4.74. The number of benzene rings is 2. The molecule has 8 heteroatoms. The third-order valence-corrected chi connectivity index (χ3v) is 4.27. The molecule has 0 aromatic heterocycles. The van der Waals surface area contributed by atoms with E-state index in [0.717, 1.165) is 5.56 Å². The minimum absolute atomic E-state index is 0.171. The molecule has 0 bridgehead atoms. The van der Waals surface area contributed by atoms with Crippen LogP contribution < -0.4 is 19.5 Å². The van der Waals surface area contributed by atoms with Crippen LogP contribution in [0.4, 0.5) is 18.9 Å². The lowest BCUT2D eigenvalue weighted by molar-refractivity contribution is -0.274. The first-order valence-electron chi connectivity index (χ1n) is 7.98. The SMILES string of the molecule is O=C1CC(c2ccc(OC(F)(F)F)cc2)c2cc3c(cc2N1)OCCO3. The van der Waals surface area contributed by atoms with Crippen LogP contribution in [0.2, 0.25) is 0 Å². The van der Waals surface area contributed by atoms with Gasteiger partial charge in [0.2, 0.25) is 5.91 Å². The van der Waals surface area contributed by atoms with Crippen LogP contribution >= 0.6 is 0 Å². The highest BCUT2D eigenvalue weighted by atomic mass is 19.4. The summed E-state index contributed by atoms with van der Waals surface area (Å²) in [7, 11) is 0. The van der Waals surface area contributed by atoms with Gasteiger partial charge in [0.05, 0.1) is 0 Å². The molecule has 1 N–H and O–H groups in total. The van der Waals surface area contributed by atoms with Crippen LogP contribution in [0.5, 0.6) is 17.2 Å². The summed E-state index contributed by atoms with van der Waals surface area (Å²) in [5, 5.41) is 2.80. The van der Waals surface area contributed by atoms with Crippen molar-refractivity contribution in [2.75, 3.05) is 18.5 Å². The minimum Gasteiger partial charge on any atom is -0.486 e. The number of alkyl halides is 3. The van der Waals surface area contributed by atoms with Crippen LogP contribution in [0, 0.1) is 0 Å². The van der Waals surface area contributed by atoms with Crippen molar-refractivity contribution in [1.82, 2.24) is 0 Å². The first-order chi connectivity index (χ1) is 12.4. The number of anilines is 1. The molecule has 2 aromatic rings. The van der Waals surface area contributed by atoms with Crippen LogP contribution in [0.1, 0.15) is 23.5 Å². The van der Waals surface area contributed by atoms with Crippen molar-refractivity contribution in [3.63, 3.8) is 0 Å². The van der Waals surface area contributed by atoms with Crippen molar-refractivity contribution in [3.05, 3.63) is 47.5 Å². The van der Waals surface area contributed by atoms with Crippen molar-refractivity contribution in [3.8, 4) is 17.2 Å². The zero-order valence-electron chi connectivity index (χ0n) is 13.4. The molecule has 2 heterocycles. The van der Waals surface area contributed by atoms with Crippen molar-refractivity contribution < 1.29 is 32.2 Å². The third-order valence-electron chi connectivity index (χ3n) is 4.27. The number of hydrogen-bond acceptors (Lipinski definition) is 4. The average Bonchev–Trinajstić information content (AvgIpc) is 2.59. The van der Waals surface area contributed by atoms with E-state index in [2.05, 4.69) is 10.1 Å². The molecule has 2 aromatic carbocycles. The Morgan fingerprint density at radius 3 is 2.35 bits per heavy atom. The molecular formula is C18H14F3NO4. The summed E-state index contributed by atoms with van der Waals surface area (Å²) in [6.07, 6.45) is -4.55. The first-order valence-corrected chi connectivity index (χ1v) is 7.98. The summed E-state index contributed by atoms with van der Waals surface area (Å²) in [4.78, 5) is 12.1. The van der Waals surface area contributed by atoms with Crippen LogP contribution in [0.3, 0.4) is 0 Å². The summed E-state index contributed by atoms with van der Waals surface area (Å²) in [6.45, 7) is 0.871. The van der Waals surface area contributed by atoms with Gasteiger partial charge in [0, 0.05) is 24.1 Å². The molecule has 2 aliphatic rings. The zero-order chi connectivity index (χ0) is 18.3. The number of rotatable bonds is 2. The van der Waals surface area contributed by atoms with Gasteiger partial charge in [-0.25, -0.2) is 0 Å². The molecule has 1 atom stereocenters. The van der Waals surface area contributed by atoms with E-state index in [9.17, 15) is 18.0 Å². The first kappa shape index (κ1) is 16.6. The standard InChI is InChI=1S/C18H14F3NO4/c19-18(20,21)26-11-3-1-10(2-4-11)12-8-17(23)22-14-9-16-15(7-13(12)14)24-5-6-25-16/h1-4,7,9,12H,5-6,8H2,(H,22,23). The molecule has 2 aliphatic heterocycles. The molecule has 1 unspecified atom stereocenters. The molecule has 1 amide bonds. The van der Waals surface area contributed by atoms with E-state index in [4.69, 9.17) is 9.47 Å². The molecule has 0 aliphatic carbocycles. The summed E-state index contributed by atoms with van der Waals surface area (Å²) in [6, 6.07) is 9.08. The maximum atomic E-state index is 12.3. The number of hydrogen-bond donors (Lipinski definition) is 1. The Morgan fingerprint density at radius 1 is 1.04 bits per heavy atom. The lowest BCUT2D eigenvalue weighted by atomic mass is 9.84. The van der Waals surface area contributed by atoms with Gasteiger partial charge in [0.1, 0.15) is 19.0 Å². The lowest BCUT2D eigenvalue weighted by Crippen LogP contribution is -2.24. The smallest absolute Gasteiger partial charge is 0.486 e. The monoisotopic (exact) mass is 365 g/mol. The van der Waals surface area contributed by atoms with Gasteiger partial charge in [-0.3, -0.25) is 4.79 Å². The highest BCUT2D eigenvalue weighted by Crippen LogP contribution is 2.44. The Balaban J connectivity index is 1.68. The van der Waals surface area contributed by atoms with E-state index in [1.54, 1.807) is 6.07 Å². The van der Waals surface area contributed by atoms with E-state index in [-0.39, 0.29) is 24.0 Å². The van der Waals surface area contributed by atoms with Crippen molar-refractivity contribution in [2.45, 2.75) is 18.7 Å². The number of carbonyl (C=O) groups excluding carboxylic acids is 1. The fourth-order valence-corrected chi connectivity index (χ4v) is 3.20. The van der Waals surface area contributed by atoms with Gasteiger partial charge in [-0.1, -0.05) is 12.1 Å². The summed E-state index contributed by atoms with van der Waals surface area (Å²) in [5.41, 5.74) is 2.16. The van der Waals surface area contributed by atoms with Crippen molar-refractivity contribution in [2.24, 2.45) is 0 Å². The molecule has 26 heavy (non-hydrogen) atoms. The van der Waals surface area contributed by atoms with E-state index < -0.39 is 6.36 Å². The molecule has 0 spiro atoms. The normalized spacial score (nSPS) is 18.7.